The summed E-state index contributed by atoms with van der Waals surface area (Å²) < 4.78 is 6.36. The fraction of sp³-hybridized carbons (Fsp3) is 0.533. The van der Waals surface area contributed by atoms with Gasteiger partial charge in [0.2, 0.25) is 0 Å². The number of morpholine rings is 1. The summed E-state index contributed by atoms with van der Waals surface area (Å²) in [6.45, 7) is 5.76. The summed E-state index contributed by atoms with van der Waals surface area (Å²) in [7, 11) is 0. The van der Waals surface area contributed by atoms with Gasteiger partial charge in [-0.1, -0.05) is 15.9 Å². The van der Waals surface area contributed by atoms with E-state index in [1.165, 1.54) is 0 Å². The molecule has 1 atom stereocenters. The Morgan fingerprint density at radius 2 is 2.05 bits per heavy atom. The van der Waals surface area contributed by atoms with E-state index in [1.807, 2.05) is 18.2 Å². The molecule has 0 bridgehead atoms. The average Bonchev–Trinajstić information content (AvgIpc) is 2.97. The third kappa shape index (κ3) is 2.90. The molecule has 2 heterocycles. The number of ether oxygens (including phenoxy) is 1. The summed E-state index contributed by atoms with van der Waals surface area (Å²) in [6.07, 6.45) is 2.11. The molecule has 0 aliphatic carbocycles. The zero-order valence-electron chi connectivity index (χ0n) is 11.4. The first-order valence-electron chi connectivity index (χ1n) is 7.09. The molecule has 0 aromatic heterocycles. The standard InChI is InChI=1S/C15H19BrN2O2/c16-13-1-2-15(12(9-13)11-19)18-4-3-14(10-18)17-5-7-20-8-6-17/h1-2,9,11,14H,3-8,10H2. The number of hydrogen-bond donors (Lipinski definition) is 0. The van der Waals surface area contributed by atoms with Crippen LogP contribution in [0.1, 0.15) is 16.8 Å². The van der Waals surface area contributed by atoms with Crippen molar-refractivity contribution < 1.29 is 9.53 Å². The van der Waals surface area contributed by atoms with E-state index >= 15 is 0 Å². The third-order valence-electron chi connectivity index (χ3n) is 4.18. The van der Waals surface area contributed by atoms with Gasteiger partial charge < -0.3 is 9.64 Å². The molecule has 2 fully saturated rings. The van der Waals surface area contributed by atoms with Crippen LogP contribution in [0, 0.1) is 0 Å². The summed E-state index contributed by atoms with van der Waals surface area (Å²) in [5.41, 5.74) is 1.82. The molecule has 2 aliphatic heterocycles. The molecule has 2 aliphatic rings. The largest absolute Gasteiger partial charge is 0.379 e. The van der Waals surface area contributed by atoms with Gasteiger partial charge in [-0.2, -0.15) is 0 Å². The van der Waals surface area contributed by atoms with Crippen molar-refractivity contribution in [2.45, 2.75) is 12.5 Å². The summed E-state index contributed by atoms with van der Waals surface area (Å²) >= 11 is 3.42. The Morgan fingerprint density at radius 3 is 2.80 bits per heavy atom. The van der Waals surface area contributed by atoms with Gasteiger partial charge in [-0.15, -0.1) is 0 Å². The van der Waals surface area contributed by atoms with Crippen LogP contribution in [0.4, 0.5) is 5.69 Å². The maximum absolute atomic E-state index is 11.2. The molecule has 0 radical (unpaired) electrons. The molecule has 0 amide bonds. The Labute approximate surface area is 127 Å². The predicted molar refractivity (Wildman–Crippen MR) is 82.5 cm³/mol. The maximum atomic E-state index is 11.2. The monoisotopic (exact) mass is 338 g/mol. The minimum absolute atomic E-state index is 0.585. The van der Waals surface area contributed by atoms with Crippen LogP contribution in [-0.2, 0) is 4.74 Å². The lowest BCUT2D eigenvalue weighted by Gasteiger charge is -2.32. The number of aldehydes is 1. The summed E-state index contributed by atoms with van der Waals surface area (Å²) in [6, 6.07) is 6.52. The number of hydrogen-bond acceptors (Lipinski definition) is 4. The molecule has 1 unspecified atom stereocenters. The van der Waals surface area contributed by atoms with Crippen LogP contribution in [-0.4, -0.2) is 56.6 Å². The first-order chi connectivity index (χ1) is 9.78. The Balaban J connectivity index is 1.71. The lowest BCUT2D eigenvalue weighted by atomic mass is 10.2. The van der Waals surface area contributed by atoms with E-state index in [-0.39, 0.29) is 0 Å². The van der Waals surface area contributed by atoms with Crippen molar-refractivity contribution in [1.29, 1.82) is 0 Å². The van der Waals surface area contributed by atoms with Crippen LogP contribution < -0.4 is 4.90 Å². The van der Waals surface area contributed by atoms with Gasteiger partial charge in [0.1, 0.15) is 0 Å². The van der Waals surface area contributed by atoms with Crippen molar-refractivity contribution in [3.8, 4) is 0 Å². The number of carbonyl (C=O) groups is 1. The Kier molecular flexibility index (Phi) is 4.38. The van der Waals surface area contributed by atoms with Crippen molar-refractivity contribution in [2.24, 2.45) is 0 Å². The SMILES string of the molecule is O=Cc1cc(Br)ccc1N1CCC(N2CCOCC2)C1. The molecule has 4 nitrogen and oxygen atoms in total. The van der Waals surface area contributed by atoms with E-state index in [9.17, 15) is 4.79 Å². The highest BCUT2D eigenvalue weighted by Crippen LogP contribution is 2.28. The number of rotatable bonds is 3. The van der Waals surface area contributed by atoms with Gasteiger partial charge in [0.15, 0.2) is 6.29 Å². The topological polar surface area (TPSA) is 32.8 Å². The first-order valence-corrected chi connectivity index (χ1v) is 7.88. The molecular formula is C15H19BrN2O2. The summed E-state index contributed by atoms with van der Waals surface area (Å²) in [5, 5.41) is 0. The Morgan fingerprint density at radius 1 is 1.25 bits per heavy atom. The van der Waals surface area contributed by atoms with E-state index in [4.69, 9.17) is 4.74 Å². The van der Waals surface area contributed by atoms with Crippen LogP contribution in [0.3, 0.4) is 0 Å². The second-order valence-electron chi connectivity index (χ2n) is 5.36. The van der Waals surface area contributed by atoms with Crippen LogP contribution in [0.25, 0.3) is 0 Å². The van der Waals surface area contributed by atoms with Gasteiger partial charge in [0.25, 0.3) is 0 Å². The Bertz CT molecular complexity index is 489. The van der Waals surface area contributed by atoms with Crippen molar-refractivity contribution in [3.05, 3.63) is 28.2 Å². The molecule has 3 rings (SSSR count). The lowest BCUT2D eigenvalue weighted by Crippen LogP contribution is -2.44. The molecule has 2 saturated heterocycles. The fourth-order valence-electron chi connectivity index (χ4n) is 3.11. The third-order valence-corrected chi connectivity index (χ3v) is 4.68. The molecule has 0 saturated carbocycles. The number of anilines is 1. The molecule has 1 aromatic rings. The zero-order chi connectivity index (χ0) is 13.9. The van der Waals surface area contributed by atoms with Gasteiger partial charge in [-0.05, 0) is 24.6 Å². The lowest BCUT2D eigenvalue weighted by molar-refractivity contribution is 0.0209. The van der Waals surface area contributed by atoms with Crippen LogP contribution in [0.5, 0.6) is 0 Å². The number of benzene rings is 1. The van der Waals surface area contributed by atoms with Gasteiger partial charge in [0, 0.05) is 47.9 Å². The van der Waals surface area contributed by atoms with Crippen LogP contribution in [0.15, 0.2) is 22.7 Å². The summed E-state index contributed by atoms with van der Waals surface area (Å²) in [5.74, 6) is 0. The summed E-state index contributed by atoms with van der Waals surface area (Å²) in [4.78, 5) is 16.1. The van der Waals surface area contributed by atoms with Gasteiger partial charge >= 0.3 is 0 Å². The molecule has 20 heavy (non-hydrogen) atoms. The molecule has 1 aromatic carbocycles. The zero-order valence-corrected chi connectivity index (χ0v) is 13.0. The normalized spacial score (nSPS) is 24.1. The average molecular weight is 339 g/mol. The number of halogens is 1. The molecule has 5 heteroatoms. The van der Waals surface area contributed by atoms with Gasteiger partial charge in [-0.3, -0.25) is 9.69 Å². The van der Waals surface area contributed by atoms with E-state index in [0.29, 0.717) is 6.04 Å². The quantitative estimate of drug-likeness (QED) is 0.791. The number of nitrogens with zero attached hydrogens (tertiary/aromatic N) is 2. The van der Waals surface area contributed by atoms with Crippen molar-refractivity contribution in [1.82, 2.24) is 4.90 Å². The molecular weight excluding hydrogens is 320 g/mol. The van der Waals surface area contributed by atoms with E-state index < -0.39 is 0 Å². The highest BCUT2D eigenvalue weighted by molar-refractivity contribution is 9.10. The van der Waals surface area contributed by atoms with Crippen molar-refractivity contribution in [3.63, 3.8) is 0 Å². The fourth-order valence-corrected chi connectivity index (χ4v) is 3.49. The maximum Gasteiger partial charge on any atom is 0.152 e. The van der Waals surface area contributed by atoms with Crippen LogP contribution >= 0.6 is 15.9 Å². The second kappa shape index (κ2) is 6.24. The van der Waals surface area contributed by atoms with E-state index in [0.717, 1.165) is 67.8 Å². The predicted octanol–water partition coefficient (Wildman–Crippen LogP) is 2.17. The van der Waals surface area contributed by atoms with Crippen LogP contribution in [0.2, 0.25) is 0 Å². The smallest absolute Gasteiger partial charge is 0.152 e. The van der Waals surface area contributed by atoms with E-state index in [2.05, 4.69) is 25.7 Å². The number of carbonyl (C=O) groups excluding carboxylic acids is 1. The first kappa shape index (κ1) is 14.0. The van der Waals surface area contributed by atoms with Gasteiger partial charge in [-0.25, -0.2) is 0 Å². The van der Waals surface area contributed by atoms with Crippen molar-refractivity contribution in [2.75, 3.05) is 44.3 Å². The highest BCUT2D eigenvalue weighted by Gasteiger charge is 2.29. The minimum atomic E-state index is 0.585. The highest BCUT2D eigenvalue weighted by atomic mass is 79.9. The second-order valence-corrected chi connectivity index (χ2v) is 6.27. The molecule has 108 valence electrons. The van der Waals surface area contributed by atoms with E-state index in [1.54, 1.807) is 0 Å². The minimum Gasteiger partial charge on any atom is -0.379 e. The molecule has 0 spiro atoms. The molecule has 0 N–H and O–H groups in total. The Hall–Kier alpha value is -0.910. The van der Waals surface area contributed by atoms with Gasteiger partial charge in [0.05, 0.1) is 13.2 Å². The van der Waals surface area contributed by atoms with Crippen molar-refractivity contribution >= 4 is 27.9 Å².